The molecule has 0 aliphatic carbocycles. The van der Waals surface area contributed by atoms with Gasteiger partial charge in [-0.15, -0.1) is 0 Å². The Bertz CT molecular complexity index is 574. The Hall–Kier alpha value is -2.37. The lowest BCUT2D eigenvalue weighted by molar-refractivity contribution is 0.0953. The molecule has 0 saturated carbocycles. The Morgan fingerprint density at radius 2 is 2.26 bits per heavy atom. The third-order valence-corrected chi connectivity index (χ3v) is 2.62. The quantitative estimate of drug-likeness (QED) is 0.811. The van der Waals surface area contributed by atoms with Crippen LogP contribution in [0.5, 0.6) is 0 Å². The van der Waals surface area contributed by atoms with Crippen molar-refractivity contribution in [3.8, 4) is 0 Å². The number of hydrogen-bond acceptors (Lipinski definition) is 3. The molecular formula is C13H15FN4O. The number of benzene rings is 1. The molecule has 19 heavy (non-hydrogen) atoms. The van der Waals surface area contributed by atoms with Crippen molar-refractivity contribution >= 4 is 11.6 Å². The van der Waals surface area contributed by atoms with Gasteiger partial charge in [-0.05, 0) is 24.3 Å². The Morgan fingerprint density at radius 1 is 1.47 bits per heavy atom. The van der Waals surface area contributed by atoms with Gasteiger partial charge in [-0.25, -0.2) is 4.39 Å². The van der Waals surface area contributed by atoms with Crippen molar-refractivity contribution in [3.05, 3.63) is 47.5 Å². The first-order valence-electron chi connectivity index (χ1n) is 5.87. The standard InChI is InChI=1S/C13H15FN4O/c1-18-5-3-12(17-18)2-4-16-13(19)9-6-10(14)8-11(15)7-9/h3,5-8H,2,4,15H2,1H3,(H,16,19). The zero-order valence-corrected chi connectivity index (χ0v) is 10.6. The summed E-state index contributed by atoms with van der Waals surface area (Å²) in [5.41, 5.74) is 6.83. The van der Waals surface area contributed by atoms with Crippen LogP contribution in [0.3, 0.4) is 0 Å². The van der Waals surface area contributed by atoms with E-state index in [0.29, 0.717) is 13.0 Å². The topological polar surface area (TPSA) is 72.9 Å². The molecule has 1 aromatic heterocycles. The lowest BCUT2D eigenvalue weighted by Gasteiger charge is -2.05. The van der Waals surface area contributed by atoms with Crippen molar-refractivity contribution < 1.29 is 9.18 Å². The number of aryl methyl sites for hydroxylation is 1. The molecule has 2 rings (SSSR count). The van der Waals surface area contributed by atoms with E-state index >= 15 is 0 Å². The number of nitrogens with zero attached hydrogens (tertiary/aromatic N) is 2. The molecule has 1 aromatic carbocycles. The minimum absolute atomic E-state index is 0.221. The summed E-state index contributed by atoms with van der Waals surface area (Å²) in [6.07, 6.45) is 2.46. The Labute approximate surface area is 110 Å². The van der Waals surface area contributed by atoms with Crippen molar-refractivity contribution in [2.24, 2.45) is 7.05 Å². The van der Waals surface area contributed by atoms with Crippen LogP contribution >= 0.6 is 0 Å². The summed E-state index contributed by atoms with van der Waals surface area (Å²) in [5.74, 6) is -0.864. The third kappa shape index (κ3) is 3.54. The molecule has 0 aliphatic heterocycles. The molecule has 1 amide bonds. The van der Waals surface area contributed by atoms with E-state index < -0.39 is 5.82 Å². The van der Waals surface area contributed by atoms with Gasteiger partial charge < -0.3 is 11.1 Å². The molecule has 5 nitrogen and oxygen atoms in total. The van der Waals surface area contributed by atoms with Gasteiger partial charge in [-0.3, -0.25) is 9.48 Å². The summed E-state index contributed by atoms with van der Waals surface area (Å²) < 4.78 is 14.8. The normalized spacial score (nSPS) is 10.4. The van der Waals surface area contributed by atoms with Crippen LogP contribution in [0.2, 0.25) is 0 Å². The highest BCUT2D eigenvalue weighted by atomic mass is 19.1. The van der Waals surface area contributed by atoms with Gasteiger partial charge in [0.05, 0.1) is 5.69 Å². The Morgan fingerprint density at radius 3 is 2.89 bits per heavy atom. The number of rotatable bonds is 4. The fourth-order valence-corrected chi connectivity index (χ4v) is 1.75. The SMILES string of the molecule is Cn1ccc(CCNC(=O)c2cc(N)cc(F)c2)n1. The second-order valence-electron chi connectivity index (χ2n) is 4.26. The average Bonchev–Trinajstić information content (AvgIpc) is 2.73. The number of nitrogens with one attached hydrogen (secondary N) is 1. The largest absolute Gasteiger partial charge is 0.399 e. The zero-order chi connectivity index (χ0) is 13.8. The van der Waals surface area contributed by atoms with Gasteiger partial charge >= 0.3 is 0 Å². The number of amides is 1. The number of nitrogens with two attached hydrogens (primary N) is 1. The lowest BCUT2D eigenvalue weighted by Crippen LogP contribution is -2.26. The Balaban J connectivity index is 1.90. The van der Waals surface area contributed by atoms with Crippen LogP contribution in [0.1, 0.15) is 16.1 Å². The summed E-state index contributed by atoms with van der Waals surface area (Å²) in [7, 11) is 1.83. The van der Waals surface area contributed by atoms with E-state index in [1.54, 1.807) is 4.68 Å². The summed E-state index contributed by atoms with van der Waals surface area (Å²) >= 11 is 0. The third-order valence-electron chi connectivity index (χ3n) is 2.62. The number of aromatic nitrogens is 2. The lowest BCUT2D eigenvalue weighted by atomic mass is 10.2. The number of carbonyl (C=O) groups is 1. The first-order chi connectivity index (χ1) is 9.04. The van der Waals surface area contributed by atoms with Crippen molar-refractivity contribution in [2.75, 3.05) is 12.3 Å². The molecule has 1 heterocycles. The van der Waals surface area contributed by atoms with Crippen LogP contribution in [0.15, 0.2) is 30.5 Å². The van der Waals surface area contributed by atoms with Crippen LogP contribution in [0.4, 0.5) is 10.1 Å². The predicted molar refractivity (Wildman–Crippen MR) is 70.1 cm³/mol. The van der Waals surface area contributed by atoms with Gasteiger partial charge in [-0.1, -0.05) is 0 Å². The van der Waals surface area contributed by atoms with Crippen LogP contribution < -0.4 is 11.1 Å². The second-order valence-corrected chi connectivity index (χ2v) is 4.26. The Kier molecular flexibility index (Phi) is 3.79. The predicted octanol–water partition coefficient (Wildman–Crippen LogP) is 1.11. The fraction of sp³-hybridized carbons (Fsp3) is 0.231. The summed E-state index contributed by atoms with van der Waals surface area (Å²) in [5, 5.41) is 6.89. The number of hydrogen-bond donors (Lipinski definition) is 2. The molecule has 2 aromatic rings. The maximum atomic E-state index is 13.1. The first kappa shape index (κ1) is 13.1. The van der Waals surface area contributed by atoms with Gasteiger partial charge in [0.1, 0.15) is 5.82 Å². The molecule has 0 fully saturated rings. The van der Waals surface area contributed by atoms with Crippen molar-refractivity contribution in [3.63, 3.8) is 0 Å². The molecule has 6 heteroatoms. The number of anilines is 1. The molecule has 0 radical (unpaired) electrons. The molecule has 0 spiro atoms. The monoisotopic (exact) mass is 262 g/mol. The van der Waals surface area contributed by atoms with Gasteiger partial charge in [0.25, 0.3) is 5.91 Å². The molecule has 0 bridgehead atoms. The average molecular weight is 262 g/mol. The van der Waals surface area contributed by atoms with Gasteiger partial charge in [-0.2, -0.15) is 5.10 Å². The highest BCUT2D eigenvalue weighted by Gasteiger charge is 2.08. The van der Waals surface area contributed by atoms with Crippen LogP contribution in [-0.2, 0) is 13.5 Å². The number of carbonyl (C=O) groups excluding carboxylic acids is 1. The highest BCUT2D eigenvalue weighted by molar-refractivity contribution is 5.95. The first-order valence-corrected chi connectivity index (χ1v) is 5.87. The summed E-state index contributed by atoms with van der Waals surface area (Å²) in [4.78, 5) is 11.8. The smallest absolute Gasteiger partial charge is 0.251 e. The van der Waals surface area contributed by atoms with E-state index in [-0.39, 0.29) is 17.2 Å². The minimum Gasteiger partial charge on any atom is -0.399 e. The fourth-order valence-electron chi connectivity index (χ4n) is 1.75. The maximum absolute atomic E-state index is 13.1. The number of halogens is 1. The van der Waals surface area contributed by atoms with Gasteiger partial charge in [0.15, 0.2) is 0 Å². The van der Waals surface area contributed by atoms with E-state index in [4.69, 9.17) is 5.73 Å². The molecule has 0 unspecified atom stereocenters. The van der Waals surface area contributed by atoms with E-state index in [1.807, 2.05) is 19.3 Å². The van der Waals surface area contributed by atoms with Crippen LogP contribution in [0.25, 0.3) is 0 Å². The van der Waals surface area contributed by atoms with Crippen LogP contribution in [0, 0.1) is 5.82 Å². The van der Waals surface area contributed by atoms with Crippen molar-refractivity contribution in [1.29, 1.82) is 0 Å². The van der Waals surface area contributed by atoms with Crippen molar-refractivity contribution in [1.82, 2.24) is 15.1 Å². The molecule has 0 saturated heterocycles. The van der Waals surface area contributed by atoms with E-state index in [0.717, 1.165) is 11.8 Å². The van der Waals surface area contributed by atoms with E-state index in [2.05, 4.69) is 10.4 Å². The van der Waals surface area contributed by atoms with Gasteiger partial charge in [0.2, 0.25) is 0 Å². The highest BCUT2D eigenvalue weighted by Crippen LogP contribution is 2.10. The second kappa shape index (κ2) is 5.51. The number of nitrogen functional groups attached to an aromatic ring is 1. The van der Waals surface area contributed by atoms with Crippen LogP contribution in [-0.4, -0.2) is 22.2 Å². The molecular weight excluding hydrogens is 247 g/mol. The van der Waals surface area contributed by atoms with E-state index in [9.17, 15) is 9.18 Å². The summed E-state index contributed by atoms with van der Waals surface area (Å²) in [6, 6.07) is 5.66. The minimum atomic E-state index is -0.519. The summed E-state index contributed by atoms with van der Waals surface area (Å²) in [6.45, 7) is 0.437. The maximum Gasteiger partial charge on any atom is 0.251 e. The molecule has 0 aliphatic rings. The van der Waals surface area contributed by atoms with E-state index in [1.165, 1.54) is 12.1 Å². The molecule has 3 N–H and O–H groups in total. The van der Waals surface area contributed by atoms with Crippen molar-refractivity contribution in [2.45, 2.75) is 6.42 Å². The molecule has 100 valence electrons. The zero-order valence-electron chi connectivity index (χ0n) is 10.6. The van der Waals surface area contributed by atoms with Gasteiger partial charge in [0, 0.05) is 37.5 Å². The molecule has 0 atom stereocenters.